The van der Waals surface area contributed by atoms with Gasteiger partial charge >= 0.3 is 6.03 Å². The molecule has 0 saturated carbocycles. The Morgan fingerprint density at radius 2 is 2.06 bits per heavy atom. The Bertz CT molecular complexity index is 464. The lowest BCUT2D eigenvalue weighted by Crippen LogP contribution is -2.26. The Hall–Kier alpha value is -1.55. The summed E-state index contributed by atoms with van der Waals surface area (Å²) in [7, 11) is 0. The summed E-state index contributed by atoms with van der Waals surface area (Å²) >= 11 is 0. The summed E-state index contributed by atoms with van der Waals surface area (Å²) in [5.41, 5.74) is 4.12. The van der Waals surface area contributed by atoms with E-state index in [0.717, 1.165) is 30.0 Å². The first-order valence-electron chi connectivity index (χ1n) is 6.12. The average Bonchev–Trinajstić information content (AvgIpc) is 2.71. The molecule has 0 aromatic heterocycles. The fraction of sp³-hybridized carbons (Fsp3) is 0.462. The number of carbonyl (C=O) groups is 1. The van der Waals surface area contributed by atoms with Crippen molar-refractivity contribution in [1.82, 2.24) is 10.6 Å². The molecular weight excluding hydrogens is 214 g/mol. The van der Waals surface area contributed by atoms with Gasteiger partial charge in [0, 0.05) is 0 Å². The van der Waals surface area contributed by atoms with Gasteiger partial charge in [0.05, 0.1) is 11.4 Å². The first-order valence-corrected chi connectivity index (χ1v) is 6.12. The molecule has 4 heteroatoms. The van der Waals surface area contributed by atoms with Gasteiger partial charge in [0.25, 0.3) is 0 Å². The quantitative estimate of drug-likeness (QED) is 0.777. The minimum atomic E-state index is -0.245. The van der Waals surface area contributed by atoms with Crippen LogP contribution in [0.2, 0.25) is 0 Å². The second-order valence-electron chi connectivity index (χ2n) is 4.80. The number of urea groups is 1. The molecule has 1 aromatic rings. The summed E-state index contributed by atoms with van der Waals surface area (Å²) in [5, 5.41) is 10.1. The molecule has 4 nitrogen and oxygen atoms in total. The molecular formula is C13H16N3O. The SMILES string of the molecule is Cc1cc(C2CCNCC2)cc2c1[N]C(=O)N2. The molecule has 2 heterocycles. The van der Waals surface area contributed by atoms with Crippen molar-refractivity contribution in [3.05, 3.63) is 23.3 Å². The zero-order valence-electron chi connectivity index (χ0n) is 9.92. The number of nitrogens with one attached hydrogen (secondary N) is 2. The zero-order valence-corrected chi connectivity index (χ0v) is 9.92. The number of amides is 2. The highest BCUT2D eigenvalue weighted by atomic mass is 16.2. The van der Waals surface area contributed by atoms with Crippen LogP contribution in [-0.4, -0.2) is 19.1 Å². The molecule has 17 heavy (non-hydrogen) atoms. The van der Waals surface area contributed by atoms with Gasteiger partial charge in [0.15, 0.2) is 0 Å². The van der Waals surface area contributed by atoms with Crippen LogP contribution in [0.1, 0.15) is 29.9 Å². The van der Waals surface area contributed by atoms with Crippen molar-refractivity contribution in [2.24, 2.45) is 0 Å². The molecule has 1 fully saturated rings. The van der Waals surface area contributed by atoms with Gasteiger partial charge in [-0.15, -0.1) is 0 Å². The molecule has 2 aliphatic heterocycles. The second kappa shape index (κ2) is 4.04. The third-order valence-electron chi connectivity index (χ3n) is 3.59. The van der Waals surface area contributed by atoms with Gasteiger partial charge in [-0.05, 0) is 56.0 Å². The minimum Gasteiger partial charge on any atom is -0.317 e. The maximum absolute atomic E-state index is 11.3. The van der Waals surface area contributed by atoms with E-state index in [1.807, 2.05) is 6.92 Å². The second-order valence-corrected chi connectivity index (χ2v) is 4.80. The van der Waals surface area contributed by atoms with E-state index < -0.39 is 0 Å². The van der Waals surface area contributed by atoms with Crippen LogP contribution < -0.4 is 16.0 Å². The lowest BCUT2D eigenvalue weighted by Gasteiger charge is -2.23. The zero-order chi connectivity index (χ0) is 11.8. The van der Waals surface area contributed by atoms with E-state index in [4.69, 9.17) is 0 Å². The summed E-state index contributed by atoms with van der Waals surface area (Å²) in [6, 6.07) is 4.02. The highest BCUT2D eigenvalue weighted by Crippen LogP contribution is 2.36. The number of aryl methyl sites for hydroxylation is 1. The number of carbonyl (C=O) groups excluding carboxylic acids is 1. The van der Waals surface area contributed by atoms with Crippen LogP contribution in [-0.2, 0) is 0 Å². The van der Waals surface area contributed by atoms with Crippen molar-refractivity contribution in [2.45, 2.75) is 25.7 Å². The summed E-state index contributed by atoms with van der Waals surface area (Å²) in [6.07, 6.45) is 2.34. The van der Waals surface area contributed by atoms with Gasteiger partial charge in [0.1, 0.15) is 0 Å². The highest BCUT2D eigenvalue weighted by molar-refractivity contribution is 6.03. The third-order valence-corrected chi connectivity index (χ3v) is 3.59. The number of rotatable bonds is 1. The Morgan fingerprint density at radius 1 is 1.29 bits per heavy atom. The van der Waals surface area contributed by atoms with Crippen molar-refractivity contribution in [3.8, 4) is 0 Å². The first kappa shape index (κ1) is 10.6. The number of hydrogen-bond donors (Lipinski definition) is 2. The number of benzene rings is 1. The maximum atomic E-state index is 11.3. The number of hydrogen-bond acceptors (Lipinski definition) is 2. The topological polar surface area (TPSA) is 55.2 Å². The third kappa shape index (κ3) is 1.89. The van der Waals surface area contributed by atoms with E-state index in [-0.39, 0.29) is 6.03 Å². The molecule has 1 saturated heterocycles. The van der Waals surface area contributed by atoms with Crippen LogP contribution in [0.25, 0.3) is 0 Å². The maximum Gasteiger partial charge on any atom is 0.346 e. The fourth-order valence-corrected chi connectivity index (χ4v) is 2.69. The van der Waals surface area contributed by atoms with E-state index in [0.29, 0.717) is 5.92 Å². The van der Waals surface area contributed by atoms with E-state index in [1.54, 1.807) is 0 Å². The number of nitrogens with zero attached hydrogens (tertiary/aromatic N) is 1. The van der Waals surface area contributed by atoms with Crippen molar-refractivity contribution >= 4 is 17.4 Å². The molecule has 0 bridgehead atoms. The van der Waals surface area contributed by atoms with Gasteiger partial charge in [0.2, 0.25) is 0 Å². The average molecular weight is 230 g/mol. The molecule has 89 valence electrons. The Labute approximate surface area is 101 Å². The standard InChI is InChI=1S/C13H16N3O/c1-8-6-10(9-2-4-14-5-3-9)7-11-12(8)16-13(17)15-11/h6-7,9,14H,2-5H2,1H3,(H,15,17). The molecule has 0 atom stereocenters. The summed E-state index contributed by atoms with van der Waals surface area (Å²) in [6.45, 7) is 4.18. The monoisotopic (exact) mass is 230 g/mol. The van der Waals surface area contributed by atoms with Crippen LogP contribution in [0.3, 0.4) is 0 Å². The lowest BCUT2D eigenvalue weighted by molar-refractivity contribution is 0.256. The first-order chi connectivity index (χ1) is 8.24. The van der Waals surface area contributed by atoms with Crippen molar-refractivity contribution < 1.29 is 4.79 Å². The van der Waals surface area contributed by atoms with Gasteiger partial charge in [-0.2, -0.15) is 5.32 Å². The van der Waals surface area contributed by atoms with Crippen molar-refractivity contribution in [1.29, 1.82) is 0 Å². The molecule has 2 N–H and O–H groups in total. The Morgan fingerprint density at radius 3 is 2.82 bits per heavy atom. The van der Waals surface area contributed by atoms with Gasteiger partial charge < -0.3 is 10.6 Å². The van der Waals surface area contributed by atoms with Crippen LogP contribution >= 0.6 is 0 Å². The van der Waals surface area contributed by atoms with E-state index in [1.165, 1.54) is 18.4 Å². The van der Waals surface area contributed by atoms with E-state index in [9.17, 15) is 4.79 Å². The fourth-order valence-electron chi connectivity index (χ4n) is 2.69. The van der Waals surface area contributed by atoms with Gasteiger partial charge in [-0.25, -0.2) is 4.79 Å². The van der Waals surface area contributed by atoms with Crippen molar-refractivity contribution in [2.75, 3.05) is 18.4 Å². The molecule has 1 radical (unpaired) electrons. The number of piperidine rings is 1. The van der Waals surface area contributed by atoms with Crippen LogP contribution in [0.5, 0.6) is 0 Å². The molecule has 2 amide bonds. The molecule has 2 aliphatic rings. The Balaban J connectivity index is 1.94. The summed E-state index contributed by atoms with van der Waals surface area (Å²) in [5.74, 6) is 0.609. The normalized spacial score (nSPS) is 19.7. The predicted octanol–water partition coefficient (Wildman–Crippen LogP) is 2.24. The number of fused-ring (bicyclic) bond motifs is 1. The largest absolute Gasteiger partial charge is 0.346 e. The molecule has 1 aromatic carbocycles. The van der Waals surface area contributed by atoms with Crippen LogP contribution in [0, 0.1) is 6.92 Å². The summed E-state index contributed by atoms with van der Waals surface area (Å²) in [4.78, 5) is 11.3. The lowest BCUT2D eigenvalue weighted by atomic mass is 9.89. The van der Waals surface area contributed by atoms with Gasteiger partial charge in [-0.1, -0.05) is 6.07 Å². The van der Waals surface area contributed by atoms with Crippen molar-refractivity contribution in [3.63, 3.8) is 0 Å². The van der Waals surface area contributed by atoms with Crippen LogP contribution in [0.4, 0.5) is 16.2 Å². The molecule has 0 aliphatic carbocycles. The molecule has 0 unspecified atom stereocenters. The minimum absolute atomic E-state index is 0.245. The number of anilines is 1. The molecule has 3 rings (SSSR count). The van der Waals surface area contributed by atoms with E-state index >= 15 is 0 Å². The summed E-state index contributed by atoms with van der Waals surface area (Å²) < 4.78 is 0. The van der Waals surface area contributed by atoms with Crippen LogP contribution in [0.15, 0.2) is 12.1 Å². The highest BCUT2D eigenvalue weighted by Gasteiger charge is 2.24. The van der Waals surface area contributed by atoms with E-state index in [2.05, 4.69) is 28.1 Å². The smallest absolute Gasteiger partial charge is 0.317 e. The molecule has 0 spiro atoms. The van der Waals surface area contributed by atoms with Gasteiger partial charge in [-0.3, -0.25) is 0 Å². The Kier molecular flexibility index (Phi) is 2.52. The predicted molar refractivity (Wildman–Crippen MR) is 66.8 cm³/mol.